The fourth-order valence-corrected chi connectivity index (χ4v) is 4.43. The number of pyridine rings is 1. The molecule has 0 saturated carbocycles. The summed E-state index contributed by atoms with van der Waals surface area (Å²) in [6, 6.07) is 33.7. The van der Waals surface area contributed by atoms with Crippen molar-refractivity contribution in [3.05, 3.63) is 131 Å². The number of hydrogen-bond donors (Lipinski definition) is 1. The van der Waals surface area contributed by atoms with Gasteiger partial charge in [-0.1, -0.05) is 84.9 Å². The highest BCUT2D eigenvalue weighted by atomic mass is 16.5. The summed E-state index contributed by atoms with van der Waals surface area (Å²) in [5.41, 5.74) is 5.85. The molecule has 5 aromatic rings. The van der Waals surface area contributed by atoms with Gasteiger partial charge in [0, 0.05) is 22.2 Å². The van der Waals surface area contributed by atoms with Crippen molar-refractivity contribution in [1.82, 2.24) is 4.98 Å². The van der Waals surface area contributed by atoms with Gasteiger partial charge in [-0.2, -0.15) is 0 Å². The van der Waals surface area contributed by atoms with Gasteiger partial charge in [0.1, 0.15) is 0 Å². The molecule has 1 unspecified atom stereocenters. The highest BCUT2D eigenvalue weighted by molar-refractivity contribution is 6.06. The van der Waals surface area contributed by atoms with Crippen molar-refractivity contribution < 1.29 is 14.3 Å². The zero-order chi connectivity index (χ0) is 25.8. The van der Waals surface area contributed by atoms with Crippen LogP contribution in [0.2, 0.25) is 0 Å². The van der Waals surface area contributed by atoms with Gasteiger partial charge in [0.2, 0.25) is 6.10 Å². The van der Waals surface area contributed by atoms with Crippen LogP contribution in [0.5, 0.6) is 0 Å². The van der Waals surface area contributed by atoms with Crippen molar-refractivity contribution in [3.8, 4) is 11.3 Å². The number of aromatic nitrogens is 1. The Hall–Kier alpha value is -4.77. The fourth-order valence-electron chi connectivity index (χ4n) is 4.43. The number of benzene rings is 4. The predicted octanol–water partition coefficient (Wildman–Crippen LogP) is 7.06. The summed E-state index contributed by atoms with van der Waals surface area (Å²) in [6.45, 7) is 3.94. The molecule has 0 fully saturated rings. The van der Waals surface area contributed by atoms with E-state index < -0.39 is 18.0 Å². The van der Waals surface area contributed by atoms with E-state index in [4.69, 9.17) is 9.72 Å². The molecule has 182 valence electrons. The minimum absolute atomic E-state index is 0.351. The highest BCUT2D eigenvalue weighted by Crippen LogP contribution is 2.28. The van der Waals surface area contributed by atoms with E-state index in [2.05, 4.69) is 5.32 Å². The number of carbonyl (C=O) groups excluding carboxylic acids is 2. The molecule has 1 amide bonds. The van der Waals surface area contributed by atoms with E-state index in [0.717, 1.165) is 16.7 Å². The fraction of sp³-hybridized carbons (Fsp3) is 0.0938. The van der Waals surface area contributed by atoms with Crippen molar-refractivity contribution in [2.24, 2.45) is 0 Å². The summed E-state index contributed by atoms with van der Waals surface area (Å²) in [7, 11) is 0. The Kier molecular flexibility index (Phi) is 6.77. The Morgan fingerprint density at radius 2 is 1.38 bits per heavy atom. The second-order valence-corrected chi connectivity index (χ2v) is 9.00. The summed E-state index contributed by atoms with van der Waals surface area (Å²) in [6.07, 6.45) is -1.14. The number of para-hydroxylation sites is 1. The Morgan fingerprint density at radius 1 is 0.757 bits per heavy atom. The second kappa shape index (κ2) is 10.5. The molecule has 0 spiro atoms. The van der Waals surface area contributed by atoms with Crippen LogP contribution in [0.15, 0.2) is 109 Å². The van der Waals surface area contributed by atoms with E-state index >= 15 is 0 Å². The zero-order valence-corrected chi connectivity index (χ0v) is 20.6. The lowest BCUT2D eigenvalue weighted by Gasteiger charge is -2.19. The van der Waals surface area contributed by atoms with Crippen LogP contribution in [0.4, 0.5) is 5.69 Å². The molecule has 1 heterocycles. The SMILES string of the molecule is Cc1cc(C)cc(NC(=O)C(OC(=O)c2cc(-c3ccccc3)nc3ccccc23)c2ccccc2)c1. The molecular weight excluding hydrogens is 460 g/mol. The normalized spacial score (nSPS) is 11.6. The van der Waals surface area contributed by atoms with Crippen LogP contribution in [-0.2, 0) is 9.53 Å². The number of fused-ring (bicyclic) bond motifs is 1. The first kappa shape index (κ1) is 23.9. The van der Waals surface area contributed by atoms with Crippen LogP contribution >= 0.6 is 0 Å². The van der Waals surface area contributed by atoms with E-state index in [1.54, 1.807) is 18.2 Å². The van der Waals surface area contributed by atoms with Crippen molar-refractivity contribution in [2.45, 2.75) is 20.0 Å². The van der Waals surface area contributed by atoms with Gasteiger partial charge in [0.15, 0.2) is 0 Å². The molecule has 0 bridgehead atoms. The molecule has 0 aliphatic heterocycles. The smallest absolute Gasteiger partial charge is 0.340 e. The van der Waals surface area contributed by atoms with Crippen LogP contribution < -0.4 is 5.32 Å². The first-order valence-corrected chi connectivity index (χ1v) is 12.1. The summed E-state index contributed by atoms with van der Waals surface area (Å²) >= 11 is 0. The number of amides is 1. The average Bonchev–Trinajstić information content (AvgIpc) is 2.91. The lowest BCUT2D eigenvalue weighted by Crippen LogP contribution is -2.26. The molecule has 1 aromatic heterocycles. The maximum Gasteiger partial charge on any atom is 0.340 e. The molecular formula is C32H26N2O3. The van der Waals surface area contributed by atoms with Gasteiger partial charge in [-0.3, -0.25) is 4.79 Å². The van der Waals surface area contributed by atoms with Gasteiger partial charge in [0.25, 0.3) is 5.91 Å². The Balaban J connectivity index is 1.52. The number of anilines is 1. The highest BCUT2D eigenvalue weighted by Gasteiger charge is 2.27. The minimum Gasteiger partial charge on any atom is -0.444 e. The predicted molar refractivity (Wildman–Crippen MR) is 146 cm³/mol. The molecule has 1 N–H and O–H groups in total. The van der Waals surface area contributed by atoms with Crippen molar-refractivity contribution in [2.75, 3.05) is 5.32 Å². The number of hydrogen-bond acceptors (Lipinski definition) is 4. The number of rotatable bonds is 6. The number of carbonyl (C=O) groups is 2. The number of aryl methyl sites for hydroxylation is 2. The van der Waals surface area contributed by atoms with Crippen LogP contribution in [0.25, 0.3) is 22.2 Å². The zero-order valence-electron chi connectivity index (χ0n) is 20.6. The lowest BCUT2D eigenvalue weighted by atomic mass is 10.0. The van der Waals surface area contributed by atoms with Gasteiger partial charge in [-0.15, -0.1) is 0 Å². The van der Waals surface area contributed by atoms with Crippen LogP contribution in [0, 0.1) is 13.8 Å². The molecule has 0 saturated heterocycles. The minimum atomic E-state index is -1.14. The van der Waals surface area contributed by atoms with Crippen molar-refractivity contribution >= 4 is 28.5 Å². The van der Waals surface area contributed by atoms with E-state index in [-0.39, 0.29) is 0 Å². The maximum atomic E-state index is 13.7. The monoisotopic (exact) mass is 486 g/mol. The third kappa shape index (κ3) is 5.41. The van der Waals surface area contributed by atoms with Gasteiger partial charge in [-0.25, -0.2) is 9.78 Å². The van der Waals surface area contributed by atoms with Crippen molar-refractivity contribution in [1.29, 1.82) is 0 Å². The second-order valence-electron chi connectivity index (χ2n) is 9.00. The summed E-state index contributed by atoms with van der Waals surface area (Å²) < 4.78 is 5.94. The van der Waals surface area contributed by atoms with E-state index in [1.807, 2.05) is 105 Å². The topological polar surface area (TPSA) is 68.3 Å². The number of esters is 1. The molecule has 5 rings (SSSR count). The molecule has 0 aliphatic carbocycles. The number of nitrogens with one attached hydrogen (secondary N) is 1. The standard InChI is InChI=1S/C32H26N2O3/c1-21-17-22(2)19-25(18-21)33-31(35)30(24-13-7-4-8-14-24)37-32(36)27-20-29(23-11-5-3-6-12-23)34-28-16-10-9-15-26(27)28/h3-20,30H,1-2H3,(H,33,35). The molecule has 37 heavy (non-hydrogen) atoms. The summed E-state index contributed by atoms with van der Waals surface area (Å²) in [4.78, 5) is 31.9. The molecule has 5 nitrogen and oxygen atoms in total. The maximum absolute atomic E-state index is 13.7. The Bertz CT molecular complexity index is 1560. The van der Waals surface area contributed by atoms with Crippen LogP contribution in [0.3, 0.4) is 0 Å². The Labute approximate surface area is 215 Å². The summed E-state index contributed by atoms with van der Waals surface area (Å²) in [5, 5.41) is 3.59. The first-order chi connectivity index (χ1) is 18.0. The Morgan fingerprint density at radius 3 is 2.08 bits per heavy atom. The van der Waals surface area contributed by atoms with Crippen LogP contribution in [-0.4, -0.2) is 16.9 Å². The van der Waals surface area contributed by atoms with Gasteiger partial charge in [0.05, 0.1) is 16.8 Å². The molecule has 1 atom stereocenters. The molecule has 5 heteroatoms. The first-order valence-electron chi connectivity index (χ1n) is 12.1. The number of ether oxygens (including phenoxy) is 1. The van der Waals surface area contributed by atoms with Gasteiger partial charge >= 0.3 is 5.97 Å². The largest absolute Gasteiger partial charge is 0.444 e. The average molecular weight is 487 g/mol. The van der Waals surface area contributed by atoms with Gasteiger partial charge < -0.3 is 10.1 Å². The molecule has 0 radical (unpaired) electrons. The van der Waals surface area contributed by atoms with E-state index in [9.17, 15) is 9.59 Å². The lowest BCUT2D eigenvalue weighted by molar-refractivity contribution is -0.125. The molecule has 4 aromatic carbocycles. The quantitative estimate of drug-likeness (QED) is 0.261. The number of nitrogens with zero attached hydrogens (tertiary/aromatic N) is 1. The van der Waals surface area contributed by atoms with E-state index in [0.29, 0.717) is 33.4 Å². The third-order valence-electron chi connectivity index (χ3n) is 6.06. The third-order valence-corrected chi connectivity index (χ3v) is 6.06. The van der Waals surface area contributed by atoms with Gasteiger partial charge in [-0.05, 0) is 49.2 Å². The van der Waals surface area contributed by atoms with Crippen LogP contribution in [0.1, 0.15) is 33.2 Å². The van der Waals surface area contributed by atoms with Crippen molar-refractivity contribution in [3.63, 3.8) is 0 Å². The van der Waals surface area contributed by atoms with E-state index in [1.165, 1.54) is 0 Å². The summed E-state index contributed by atoms with van der Waals surface area (Å²) in [5.74, 6) is -1.02. The molecule has 0 aliphatic rings.